The van der Waals surface area contributed by atoms with Gasteiger partial charge < -0.3 is 19.1 Å². The van der Waals surface area contributed by atoms with Crippen LogP contribution >= 0.6 is 11.8 Å². The third-order valence-electron chi connectivity index (χ3n) is 5.52. The average molecular weight is 546 g/mol. The summed E-state index contributed by atoms with van der Waals surface area (Å²) in [4.78, 5) is 18.8. The number of ether oxygens (including phenoxy) is 3. The Balaban J connectivity index is 1.50. The van der Waals surface area contributed by atoms with Crippen LogP contribution in [0.25, 0.3) is 6.08 Å². The molecule has 0 N–H and O–H groups in total. The molecule has 2 heterocycles. The summed E-state index contributed by atoms with van der Waals surface area (Å²) in [5.74, 6) is 0.000205. The Morgan fingerprint density at radius 2 is 1.78 bits per heavy atom. The number of thioether (sulfide) groups is 1. The van der Waals surface area contributed by atoms with Crippen molar-refractivity contribution in [1.82, 2.24) is 4.90 Å². The van der Waals surface area contributed by atoms with Gasteiger partial charge >= 0.3 is 12.4 Å². The molecular formula is C24H20F6N2O4S. The largest absolute Gasteiger partial charge is 0.496 e. The third kappa shape index (κ3) is 6.39. The summed E-state index contributed by atoms with van der Waals surface area (Å²) in [6.07, 6.45) is -8.32. The van der Waals surface area contributed by atoms with E-state index in [9.17, 15) is 31.1 Å². The first kappa shape index (κ1) is 26.9. The third-order valence-corrected chi connectivity index (χ3v) is 6.56. The molecule has 1 amide bonds. The van der Waals surface area contributed by atoms with Gasteiger partial charge in [0, 0.05) is 30.3 Å². The summed E-state index contributed by atoms with van der Waals surface area (Å²) in [5.41, 5.74) is -2.77. The van der Waals surface area contributed by atoms with Gasteiger partial charge in [0.25, 0.3) is 5.91 Å². The number of hydrogen-bond donors (Lipinski definition) is 0. The van der Waals surface area contributed by atoms with E-state index in [1.807, 2.05) is 4.90 Å². The zero-order valence-electron chi connectivity index (χ0n) is 19.3. The number of amidine groups is 1. The summed E-state index contributed by atoms with van der Waals surface area (Å²) in [5, 5.41) is 0.579. The Hall–Kier alpha value is -3.19. The smallest absolute Gasteiger partial charge is 0.416 e. The predicted molar refractivity (Wildman–Crippen MR) is 124 cm³/mol. The highest BCUT2D eigenvalue weighted by Gasteiger charge is 2.38. The second-order valence-corrected chi connectivity index (χ2v) is 8.98. The lowest BCUT2D eigenvalue weighted by Gasteiger charge is -2.27. The van der Waals surface area contributed by atoms with Gasteiger partial charge in [0.1, 0.15) is 18.1 Å². The van der Waals surface area contributed by atoms with Gasteiger partial charge in [0.2, 0.25) is 0 Å². The summed E-state index contributed by atoms with van der Waals surface area (Å²) >= 11 is 1.22. The van der Waals surface area contributed by atoms with Crippen LogP contribution in [0.4, 0.5) is 26.3 Å². The van der Waals surface area contributed by atoms with Crippen LogP contribution in [0.3, 0.4) is 0 Å². The van der Waals surface area contributed by atoms with Gasteiger partial charge in [-0.05, 0) is 42.1 Å². The van der Waals surface area contributed by atoms with Crippen LogP contribution < -0.4 is 9.47 Å². The number of rotatable bonds is 5. The summed E-state index contributed by atoms with van der Waals surface area (Å²) in [6, 6.07) is 5.82. The van der Waals surface area contributed by atoms with E-state index in [-0.39, 0.29) is 17.6 Å². The molecule has 6 nitrogen and oxygen atoms in total. The fourth-order valence-corrected chi connectivity index (χ4v) is 4.59. The minimum absolute atomic E-state index is 0.0675. The van der Waals surface area contributed by atoms with Crippen LogP contribution in [0.1, 0.15) is 22.3 Å². The number of aliphatic imine (C=N–C) groups is 1. The fourth-order valence-electron chi connectivity index (χ4n) is 3.63. The zero-order chi connectivity index (χ0) is 26.8. The van der Waals surface area contributed by atoms with Crippen LogP contribution in [0.2, 0.25) is 0 Å². The van der Waals surface area contributed by atoms with Crippen molar-refractivity contribution >= 4 is 28.9 Å². The lowest BCUT2D eigenvalue weighted by atomic mass is 10.0. The molecule has 0 aliphatic carbocycles. The highest BCUT2D eigenvalue weighted by molar-refractivity contribution is 8.18. The Kier molecular flexibility index (Phi) is 7.74. The van der Waals surface area contributed by atoms with Crippen molar-refractivity contribution in [3.63, 3.8) is 0 Å². The number of amides is 1. The number of carbonyl (C=O) groups excluding carboxylic acids is 1. The molecule has 37 heavy (non-hydrogen) atoms. The van der Waals surface area contributed by atoms with Crippen molar-refractivity contribution in [2.75, 3.05) is 33.4 Å². The molecule has 2 aliphatic heterocycles. The Morgan fingerprint density at radius 3 is 2.43 bits per heavy atom. The standard InChI is InChI=1S/C24H20F6N2O4S/c1-34-19-12-17(36-13-15-2-4-16(23(25,26)27)11-18(15)24(28,29)30)5-3-14(19)10-20-21(33)31-22(37-20)32-6-8-35-9-7-32/h2-5,10-12H,6-9,13H2,1H3. The first-order valence-corrected chi connectivity index (χ1v) is 11.7. The maximum atomic E-state index is 13.4. The van der Waals surface area contributed by atoms with Crippen LogP contribution in [0, 0.1) is 0 Å². The normalized spacial score (nSPS) is 17.8. The Morgan fingerprint density at radius 1 is 1.05 bits per heavy atom. The van der Waals surface area contributed by atoms with Gasteiger partial charge in [-0.3, -0.25) is 4.79 Å². The Bertz CT molecular complexity index is 1240. The number of halogens is 6. The molecule has 0 unspecified atom stereocenters. The molecule has 198 valence electrons. The molecule has 13 heteroatoms. The molecule has 2 aromatic rings. The molecule has 0 radical (unpaired) electrons. The number of nitrogens with zero attached hydrogens (tertiary/aromatic N) is 2. The SMILES string of the molecule is COc1cc(OCc2ccc(C(F)(F)F)cc2C(F)(F)F)ccc1C=C1SC(N2CCOCC2)=NC1=O. The van der Waals surface area contributed by atoms with Crippen molar-refractivity contribution in [3.05, 3.63) is 63.6 Å². The van der Waals surface area contributed by atoms with Crippen molar-refractivity contribution < 1.29 is 45.3 Å². The molecule has 0 atom stereocenters. The maximum Gasteiger partial charge on any atom is 0.416 e. The molecule has 0 bridgehead atoms. The fraction of sp³-hybridized carbons (Fsp3) is 0.333. The van der Waals surface area contributed by atoms with Gasteiger partial charge in [0.15, 0.2) is 5.17 Å². The van der Waals surface area contributed by atoms with Gasteiger partial charge in [-0.1, -0.05) is 6.07 Å². The van der Waals surface area contributed by atoms with Crippen LogP contribution in [-0.2, 0) is 28.5 Å². The van der Waals surface area contributed by atoms with Crippen LogP contribution in [0.5, 0.6) is 11.5 Å². The summed E-state index contributed by atoms with van der Waals surface area (Å²) in [7, 11) is 1.37. The Labute approximate surface area is 211 Å². The lowest BCUT2D eigenvalue weighted by molar-refractivity contribution is -0.143. The molecule has 0 aromatic heterocycles. The first-order chi connectivity index (χ1) is 17.5. The van der Waals surface area contributed by atoms with E-state index in [2.05, 4.69) is 4.99 Å². The highest BCUT2D eigenvalue weighted by atomic mass is 32.2. The molecule has 1 fully saturated rings. The highest BCUT2D eigenvalue weighted by Crippen LogP contribution is 2.38. The number of alkyl halides is 6. The van der Waals surface area contributed by atoms with Crippen molar-refractivity contribution in [1.29, 1.82) is 0 Å². The van der Waals surface area contributed by atoms with E-state index >= 15 is 0 Å². The summed E-state index contributed by atoms with van der Waals surface area (Å²) < 4.78 is 94.9. The second-order valence-electron chi connectivity index (χ2n) is 7.97. The average Bonchev–Trinajstić information content (AvgIpc) is 3.22. The maximum absolute atomic E-state index is 13.4. The topological polar surface area (TPSA) is 60.4 Å². The number of hydrogen-bond acceptors (Lipinski definition) is 6. The minimum atomic E-state index is -5.00. The van der Waals surface area contributed by atoms with Crippen molar-refractivity contribution in [3.8, 4) is 11.5 Å². The second kappa shape index (κ2) is 10.7. The summed E-state index contributed by atoms with van der Waals surface area (Å²) in [6.45, 7) is 1.70. The molecule has 2 aromatic carbocycles. The van der Waals surface area contributed by atoms with E-state index in [0.29, 0.717) is 48.0 Å². The van der Waals surface area contributed by atoms with Gasteiger partial charge in [-0.25, -0.2) is 0 Å². The van der Waals surface area contributed by atoms with Gasteiger partial charge in [-0.15, -0.1) is 0 Å². The minimum Gasteiger partial charge on any atom is -0.496 e. The van der Waals surface area contributed by atoms with E-state index < -0.39 is 41.6 Å². The molecule has 2 aliphatic rings. The molecule has 0 saturated carbocycles. The first-order valence-electron chi connectivity index (χ1n) is 10.9. The quantitative estimate of drug-likeness (QED) is 0.359. The van der Waals surface area contributed by atoms with E-state index in [4.69, 9.17) is 14.2 Å². The molecule has 0 spiro atoms. The van der Waals surface area contributed by atoms with Crippen molar-refractivity contribution in [2.45, 2.75) is 19.0 Å². The van der Waals surface area contributed by atoms with Gasteiger partial charge in [-0.2, -0.15) is 31.3 Å². The number of morpholine rings is 1. The van der Waals surface area contributed by atoms with Gasteiger partial charge in [0.05, 0.1) is 36.4 Å². The van der Waals surface area contributed by atoms with Crippen LogP contribution in [-0.4, -0.2) is 49.4 Å². The van der Waals surface area contributed by atoms with Crippen molar-refractivity contribution in [2.24, 2.45) is 4.99 Å². The van der Waals surface area contributed by atoms with Crippen LogP contribution in [0.15, 0.2) is 46.3 Å². The van der Waals surface area contributed by atoms with E-state index in [0.717, 1.165) is 6.07 Å². The number of carbonyl (C=O) groups is 1. The molecular weight excluding hydrogens is 526 g/mol. The monoisotopic (exact) mass is 546 g/mol. The lowest BCUT2D eigenvalue weighted by Crippen LogP contribution is -2.38. The predicted octanol–water partition coefficient (Wildman–Crippen LogP) is 5.61. The zero-order valence-corrected chi connectivity index (χ0v) is 20.1. The number of methoxy groups -OCH3 is 1. The van der Waals surface area contributed by atoms with E-state index in [1.54, 1.807) is 12.1 Å². The molecule has 1 saturated heterocycles. The number of benzene rings is 2. The molecule has 4 rings (SSSR count). The van der Waals surface area contributed by atoms with E-state index in [1.165, 1.54) is 31.0 Å².